The van der Waals surface area contributed by atoms with Gasteiger partial charge in [-0.3, -0.25) is 9.48 Å². The van der Waals surface area contributed by atoms with Crippen molar-refractivity contribution in [3.63, 3.8) is 0 Å². The summed E-state index contributed by atoms with van der Waals surface area (Å²) in [6.07, 6.45) is -2.53. The number of aliphatic carboxylic acids is 1. The van der Waals surface area contributed by atoms with Crippen molar-refractivity contribution in [1.82, 2.24) is 14.5 Å². The highest BCUT2D eigenvalue weighted by atomic mass is 32.2. The smallest absolute Gasteiger partial charge is 0.325 e. The van der Waals surface area contributed by atoms with E-state index in [1.165, 1.54) is 4.72 Å². The maximum atomic E-state index is 12.6. The highest BCUT2D eigenvalue weighted by molar-refractivity contribution is 7.89. The molecule has 0 saturated heterocycles. The maximum absolute atomic E-state index is 12.6. The van der Waals surface area contributed by atoms with Crippen LogP contribution < -0.4 is 4.72 Å². The SMILES string of the molecule is O=C(O)Cn1cc(S(=O)(=O)NCC(F)(F)C(F)F)cn1. The van der Waals surface area contributed by atoms with Crippen LogP contribution in [0, 0.1) is 0 Å². The number of halogens is 4. The molecule has 1 rings (SSSR count). The molecule has 0 saturated carbocycles. The standard InChI is InChI=1S/C8H9F4N3O4S/c9-7(10)8(11,12)4-14-20(18,19)5-1-13-15(2-5)3-6(16)17/h1-2,7,14H,3-4H2,(H,16,17). The predicted molar refractivity (Wildman–Crippen MR) is 56.0 cm³/mol. The maximum Gasteiger partial charge on any atom is 0.325 e. The lowest BCUT2D eigenvalue weighted by atomic mass is 10.4. The molecule has 0 aliphatic carbocycles. The van der Waals surface area contributed by atoms with Crippen molar-refractivity contribution in [3.05, 3.63) is 12.4 Å². The third-order valence-electron chi connectivity index (χ3n) is 2.03. The fourth-order valence-corrected chi connectivity index (χ4v) is 2.06. The Morgan fingerprint density at radius 3 is 2.60 bits per heavy atom. The van der Waals surface area contributed by atoms with Crippen LogP contribution in [-0.4, -0.2) is 48.2 Å². The largest absolute Gasteiger partial charge is 0.480 e. The monoisotopic (exact) mass is 319 g/mol. The summed E-state index contributed by atoms with van der Waals surface area (Å²) in [6.45, 7) is -2.42. The molecule has 0 spiro atoms. The highest BCUT2D eigenvalue weighted by Gasteiger charge is 2.41. The average Bonchev–Trinajstić information content (AvgIpc) is 2.75. The zero-order valence-corrected chi connectivity index (χ0v) is 10.4. The molecular weight excluding hydrogens is 310 g/mol. The molecule has 7 nitrogen and oxygen atoms in total. The van der Waals surface area contributed by atoms with E-state index in [4.69, 9.17) is 5.11 Å². The summed E-state index contributed by atoms with van der Waals surface area (Å²) < 4.78 is 74.0. The summed E-state index contributed by atoms with van der Waals surface area (Å²) in [5.41, 5.74) is 0. The molecule has 0 fully saturated rings. The number of carboxylic acid groups (broad SMARTS) is 1. The Hall–Kier alpha value is -1.69. The van der Waals surface area contributed by atoms with Gasteiger partial charge in [-0.25, -0.2) is 21.9 Å². The lowest BCUT2D eigenvalue weighted by Gasteiger charge is -2.15. The topological polar surface area (TPSA) is 101 Å². The fraction of sp³-hybridized carbons (Fsp3) is 0.500. The van der Waals surface area contributed by atoms with Crippen LogP contribution in [0.5, 0.6) is 0 Å². The third kappa shape index (κ3) is 4.16. The van der Waals surface area contributed by atoms with Crippen molar-refractivity contribution in [2.75, 3.05) is 6.54 Å². The van der Waals surface area contributed by atoms with Crippen molar-refractivity contribution >= 4 is 16.0 Å². The van der Waals surface area contributed by atoms with Gasteiger partial charge in [0.05, 0.1) is 12.7 Å². The minimum atomic E-state index is -4.51. The molecule has 0 amide bonds. The average molecular weight is 319 g/mol. The molecule has 2 N–H and O–H groups in total. The Balaban J connectivity index is 2.79. The summed E-state index contributed by atoms with van der Waals surface area (Å²) >= 11 is 0. The van der Waals surface area contributed by atoms with Crippen molar-refractivity contribution in [2.24, 2.45) is 0 Å². The Bertz CT molecular complexity index is 586. The van der Waals surface area contributed by atoms with E-state index >= 15 is 0 Å². The van der Waals surface area contributed by atoms with E-state index in [0.717, 1.165) is 10.9 Å². The Labute approximate surface area is 110 Å². The molecule has 0 unspecified atom stereocenters. The number of carbonyl (C=O) groups is 1. The molecule has 0 atom stereocenters. The molecule has 0 aliphatic heterocycles. The van der Waals surface area contributed by atoms with Gasteiger partial charge in [-0.2, -0.15) is 13.9 Å². The van der Waals surface area contributed by atoms with Crippen molar-refractivity contribution in [2.45, 2.75) is 23.8 Å². The van der Waals surface area contributed by atoms with E-state index in [9.17, 15) is 30.8 Å². The fourth-order valence-electron chi connectivity index (χ4n) is 1.06. The van der Waals surface area contributed by atoms with Gasteiger partial charge in [-0.15, -0.1) is 0 Å². The second-order valence-corrected chi connectivity index (χ2v) is 5.42. The van der Waals surface area contributed by atoms with Gasteiger partial charge < -0.3 is 5.11 Å². The number of sulfonamides is 1. The second-order valence-electron chi connectivity index (χ2n) is 3.65. The first-order valence-corrected chi connectivity index (χ1v) is 6.43. The number of rotatable bonds is 7. The number of nitrogens with zero attached hydrogens (tertiary/aromatic N) is 2. The molecular formula is C8H9F4N3O4S. The quantitative estimate of drug-likeness (QED) is 0.697. The Morgan fingerprint density at radius 1 is 1.50 bits per heavy atom. The van der Waals surface area contributed by atoms with Gasteiger partial charge in [0.25, 0.3) is 0 Å². The molecule has 20 heavy (non-hydrogen) atoms. The zero-order chi connectivity index (χ0) is 15.6. The van der Waals surface area contributed by atoms with Crippen molar-refractivity contribution in [1.29, 1.82) is 0 Å². The van der Waals surface area contributed by atoms with E-state index < -0.39 is 46.3 Å². The van der Waals surface area contributed by atoms with Gasteiger partial charge in [-0.1, -0.05) is 0 Å². The number of aromatic nitrogens is 2. The van der Waals surface area contributed by atoms with Gasteiger partial charge in [0, 0.05) is 6.20 Å². The molecule has 1 aromatic heterocycles. The Morgan fingerprint density at radius 2 is 2.10 bits per heavy atom. The zero-order valence-electron chi connectivity index (χ0n) is 9.63. The Kier molecular flexibility index (Phi) is 4.70. The molecule has 0 bridgehead atoms. The van der Waals surface area contributed by atoms with Crippen LogP contribution in [0.1, 0.15) is 0 Å². The van der Waals surface area contributed by atoms with Crippen LogP contribution in [0.25, 0.3) is 0 Å². The van der Waals surface area contributed by atoms with Gasteiger partial charge in [-0.05, 0) is 0 Å². The first-order valence-electron chi connectivity index (χ1n) is 4.94. The first kappa shape index (κ1) is 16.4. The van der Waals surface area contributed by atoms with Crippen LogP contribution in [0.2, 0.25) is 0 Å². The molecule has 12 heteroatoms. The minimum absolute atomic E-state index is 0.608. The third-order valence-corrected chi connectivity index (χ3v) is 3.39. The number of hydrogen-bond acceptors (Lipinski definition) is 4. The second kappa shape index (κ2) is 5.75. The number of nitrogens with one attached hydrogen (secondary N) is 1. The van der Waals surface area contributed by atoms with Crippen LogP contribution in [0.3, 0.4) is 0 Å². The van der Waals surface area contributed by atoms with Crippen LogP contribution >= 0.6 is 0 Å². The number of carboxylic acids is 1. The normalized spacial score (nSPS) is 12.8. The molecule has 1 heterocycles. The van der Waals surface area contributed by atoms with Crippen LogP contribution in [0.15, 0.2) is 17.3 Å². The summed E-state index contributed by atoms with van der Waals surface area (Å²) in [6, 6.07) is 0. The lowest BCUT2D eigenvalue weighted by molar-refractivity contribution is -0.137. The van der Waals surface area contributed by atoms with E-state index in [-0.39, 0.29) is 0 Å². The van der Waals surface area contributed by atoms with Crippen LogP contribution in [-0.2, 0) is 21.4 Å². The lowest BCUT2D eigenvalue weighted by Crippen LogP contribution is -2.41. The van der Waals surface area contributed by atoms with Crippen LogP contribution in [0.4, 0.5) is 17.6 Å². The molecule has 114 valence electrons. The predicted octanol–water partition coefficient (Wildman–Crippen LogP) is 0.146. The first-order chi connectivity index (χ1) is 9.04. The summed E-state index contributed by atoms with van der Waals surface area (Å²) in [4.78, 5) is 9.74. The molecule has 0 aromatic carbocycles. The highest BCUT2D eigenvalue weighted by Crippen LogP contribution is 2.22. The molecule has 0 aliphatic rings. The van der Waals surface area contributed by atoms with E-state index in [0.29, 0.717) is 6.20 Å². The molecule has 1 aromatic rings. The van der Waals surface area contributed by atoms with Gasteiger partial charge >= 0.3 is 18.3 Å². The number of alkyl halides is 4. The van der Waals surface area contributed by atoms with E-state index in [1.54, 1.807) is 0 Å². The van der Waals surface area contributed by atoms with Gasteiger partial charge in [0.15, 0.2) is 0 Å². The summed E-state index contributed by atoms with van der Waals surface area (Å²) in [7, 11) is -4.48. The van der Waals surface area contributed by atoms with Crippen molar-refractivity contribution < 1.29 is 35.9 Å². The van der Waals surface area contributed by atoms with E-state index in [2.05, 4.69) is 5.10 Å². The van der Waals surface area contributed by atoms with Crippen molar-refractivity contribution in [3.8, 4) is 0 Å². The minimum Gasteiger partial charge on any atom is -0.480 e. The van der Waals surface area contributed by atoms with Gasteiger partial charge in [0.2, 0.25) is 10.0 Å². The van der Waals surface area contributed by atoms with Gasteiger partial charge in [0.1, 0.15) is 11.4 Å². The van der Waals surface area contributed by atoms with E-state index in [1.807, 2.05) is 0 Å². The summed E-state index contributed by atoms with van der Waals surface area (Å²) in [5, 5.41) is 11.8. The number of hydrogen-bond donors (Lipinski definition) is 2. The summed E-state index contributed by atoms with van der Waals surface area (Å²) in [5.74, 6) is -5.81. The molecule has 0 radical (unpaired) electrons.